The van der Waals surface area contributed by atoms with Crippen LogP contribution in [0.25, 0.3) is 0 Å². The van der Waals surface area contributed by atoms with Gasteiger partial charge in [-0.2, -0.15) is 13.2 Å². The summed E-state index contributed by atoms with van der Waals surface area (Å²) in [5.74, 6) is -1.47. The number of carbonyl (C=O) groups is 1. The molecule has 1 heterocycles. The zero-order valence-electron chi connectivity index (χ0n) is 10.1. The lowest BCUT2D eigenvalue weighted by molar-refractivity contribution is -0.186. The van der Waals surface area contributed by atoms with E-state index in [1.54, 1.807) is 0 Å². The Morgan fingerprint density at radius 2 is 1.68 bits per heavy atom. The average Bonchev–Trinajstić information content (AvgIpc) is 2.38. The highest BCUT2D eigenvalue weighted by atomic mass is 127. The van der Waals surface area contributed by atoms with E-state index in [0.717, 1.165) is 14.0 Å². The van der Waals surface area contributed by atoms with Gasteiger partial charge in [-0.3, -0.25) is 4.79 Å². The highest BCUT2D eigenvalue weighted by molar-refractivity contribution is 14.1. The lowest BCUT2D eigenvalue weighted by Gasteiger charge is -2.32. The summed E-state index contributed by atoms with van der Waals surface area (Å²) in [6, 6.07) is 7.99. The van der Waals surface area contributed by atoms with Crippen molar-refractivity contribution in [3.8, 4) is 0 Å². The van der Waals surface area contributed by atoms with Crippen molar-refractivity contribution in [3.05, 3.63) is 33.4 Å². The molecule has 0 bridgehead atoms. The van der Waals surface area contributed by atoms with Crippen LogP contribution in [0.15, 0.2) is 24.3 Å². The van der Waals surface area contributed by atoms with Crippen LogP contribution in [-0.2, 0) is 4.79 Å². The van der Waals surface area contributed by atoms with Gasteiger partial charge in [-0.15, -0.1) is 0 Å². The summed E-state index contributed by atoms with van der Waals surface area (Å²) < 4.78 is 38.0. The first-order valence-corrected chi connectivity index (χ1v) is 7.07. The summed E-state index contributed by atoms with van der Waals surface area (Å²) in [6.07, 6.45) is -3.58. The van der Waals surface area contributed by atoms with Crippen molar-refractivity contribution < 1.29 is 18.0 Å². The summed E-state index contributed by atoms with van der Waals surface area (Å²) in [5, 5.41) is 0. The van der Waals surface area contributed by atoms with Crippen LogP contribution in [0, 0.1) is 3.57 Å². The molecule has 1 saturated heterocycles. The topological polar surface area (TPSA) is 20.3 Å². The fourth-order valence-corrected chi connectivity index (χ4v) is 2.69. The Kier molecular flexibility index (Phi) is 4.37. The van der Waals surface area contributed by atoms with Gasteiger partial charge >= 0.3 is 12.1 Å². The molecule has 0 saturated carbocycles. The highest BCUT2D eigenvalue weighted by Gasteiger charge is 2.43. The van der Waals surface area contributed by atoms with Crippen LogP contribution in [0.3, 0.4) is 0 Å². The molecule has 0 unspecified atom stereocenters. The molecule has 0 N–H and O–H groups in total. The van der Waals surface area contributed by atoms with Crippen LogP contribution in [0.5, 0.6) is 0 Å². The van der Waals surface area contributed by atoms with Crippen LogP contribution >= 0.6 is 22.6 Å². The lowest BCUT2D eigenvalue weighted by Crippen LogP contribution is -2.45. The molecule has 104 valence electrons. The first-order valence-electron chi connectivity index (χ1n) is 5.99. The van der Waals surface area contributed by atoms with Crippen molar-refractivity contribution in [3.63, 3.8) is 0 Å². The molecule has 6 heteroatoms. The third-order valence-corrected chi connectivity index (χ3v) is 4.09. The van der Waals surface area contributed by atoms with E-state index in [0.29, 0.717) is 12.8 Å². The van der Waals surface area contributed by atoms with Gasteiger partial charge in [0, 0.05) is 16.7 Å². The predicted molar refractivity (Wildman–Crippen MR) is 73.8 cm³/mol. The number of hydrogen-bond acceptors (Lipinski definition) is 1. The smallest absolute Gasteiger partial charge is 0.335 e. The van der Waals surface area contributed by atoms with Gasteiger partial charge in [0.25, 0.3) is 0 Å². The normalized spacial score (nSPS) is 17.6. The Morgan fingerprint density at radius 1 is 1.16 bits per heavy atom. The molecule has 1 aliphatic rings. The summed E-state index contributed by atoms with van der Waals surface area (Å²) in [4.78, 5) is 12.0. The Labute approximate surface area is 123 Å². The third-order valence-electron chi connectivity index (χ3n) is 3.37. The molecule has 2 nitrogen and oxygen atoms in total. The number of nitrogens with zero attached hydrogens (tertiary/aromatic N) is 1. The Hall–Kier alpha value is -0.790. The minimum absolute atomic E-state index is 0.176. The molecule has 0 aromatic heterocycles. The van der Waals surface area contributed by atoms with Crippen LogP contribution in [-0.4, -0.2) is 30.1 Å². The molecule has 1 amide bonds. The number of benzene rings is 1. The van der Waals surface area contributed by atoms with E-state index >= 15 is 0 Å². The first kappa shape index (κ1) is 14.6. The van der Waals surface area contributed by atoms with Gasteiger partial charge in [0.15, 0.2) is 0 Å². The molecule has 1 fully saturated rings. The molecule has 0 spiro atoms. The average molecular weight is 383 g/mol. The van der Waals surface area contributed by atoms with Crippen molar-refractivity contribution in [1.82, 2.24) is 4.90 Å². The molecule has 19 heavy (non-hydrogen) atoms. The number of rotatable bonds is 1. The number of hydrogen-bond donors (Lipinski definition) is 0. The van der Waals surface area contributed by atoms with E-state index < -0.39 is 12.1 Å². The number of halogens is 4. The summed E-state index contributed by atoms with van der Waals surface area (Å²) in [7, 11) is 0. The molecule has 1 aromatic carbocycles. The van der Waals surface area contributed by atoms with Crippen LogP contribution in [0.4, 0.5) is 13.2 Å². The van der Waals surface area contributed by atoms with E-state index in [1.165, 1.54) is 0 Å². The van der Waals surface area contributed by atoms with Gasteiger partial charge < -0.3 is 4.90 Å². The Balaban J connectivity index is 1.96. The third kappa shape index (κ3) is 3.61. The minimum atomic E-state index is -4.75. The highest BCUT2D eigenvalue weighted by Crippen LogP contribution is 2.30. The number of alkyl halides is 3. The van der Waals surface area contributed by atoms with Crippen molar-refractivity contribution in [2.24, 2.45) is 0 Å². The molecule has 0 aliphatic carbocycles. The molecule has 0 atom stereocenters. The van der Waals surface area contributed by atoms with Gasteiger partial charge in [0.05, 0.1) is 0 Å². The summed E-state index contributed by atoms with van der Waals surface area (Å²) in [6.45, 7) is 0.351. The second-order valence-corrected chi connectivity index (χ2v) is 5.86. The van der Waals surface area contributed by atoms with Crippen LogP contribution in [0.2, 0.25) is 0 Å². The molecule has 1 aromatic rings. The lowest BCUT2D eigenvalue weighted by atomic mass is 9.89. The van der Waals surface area contributed by atoms with Crippen LogP contribution < -0.4 is 0 Å². The van der Waals surface area contributed by atoms with Crippen molar-refractivity contribution >= 4 is 28.5 Å². The number of amides is 1. The maximum Gasteiger partial charge on any atom is 0.471 e. The second-order valence-electron chi connectivity index (χ2n) is 4.62. The van der Waals surface area contributed by atoms with Crippen molar-refractivity contribution in [2.75, 3.05) is 13.1 Å². The number of likely N-dealkylation sites (tertiary alicyclic amines) is 1. The first-order chi connectivity index (χ1) is 8.88. The van der Waals surface area contributed by atoms with E-state index in [2.05, 4.69) is 22.6 Å². The fourth-order valence-electron chi connectivity index (χ4n) is 2.33. The van der Waals surface area contributed by atoms with Crippen molar-refractivity contribution in [1.29, 1.82) is 0 Å². The predicted octanol–water partition coefficient (Wildman–Crippen LogP) is 3.56. The maximum absolute atomic E-state index is 12.3. The van der Waals surface area contributed by atoms with E-state index in [-0.39, 0.29) is 19.0 Å². The van der Waals surface area contributed by atoms with E-state index in [4.69, 9.17) is 0 Å². The zero-order chi connectivity index (χ0) is 14.0. The SMILES string of the molecule is O=C(N1CCC(c2ccc(I)cc2)CC1)C(F)(F)F. The number of carbonyl (C=O) groups excluding carboxylic acids is 1. The van der Waals surface area contributed by atoms with E-state index in [1.807, 2.05) is 24.3 Å². The fraction of sp³-hybridized carbons (Fsp3) is 0.462. The van der Waals surface area contributed by atoms with Gasteiger partial charge in [-0.25, -0.2) is 0 Å². The van der Waals surface area contributed by atoms with Gasteiger partial charge in [-0.1, -0.05) is 12.1 Å². The molecular weight excluding hydrogens is 370 g/mol. The number of piperidine rings is 1. The molecular formula is C13H13F3INO. The standard InChI is InChI=1S/C13H13F3INO/c14-13(15,16)12(19)18-7-5-10(6-8-18)9-1-3-11(17)4-2-9/h1-4,10H,5-8H2. The van der Waals surface area contributed by atoms with Gasteiger partial charge in [0.1, 0.15) is 0 Å². The largest absolute Gasteiger partial charge is 0.471 e. The molecule has 1 aliphatic heterocycles. The van der Waals surface area contributed by atoms with Crippen molar-refractivity contribution in [2.45, 2.75) is 24.9 Å². The maximum atomic E-state index is 12.3. The molecule has 2 rings (SSSR count). The molecule has 0 radical (unpaired) electrons. The van der Waals surface area contributed by atoms with Crippen LogP contribution in [0.1, 0.15) is 24.3 Å². The van der Waals surface area contributed by atoms with Gasteiger partial charge in [-0.05, 0) is 59.0 Å². The quantitative estimate of drug-likeness (QED) is 0.680. The van der Waals surface area contributed by atoms with E-state index in [9.17, 15) is 18.0 Å². The summed E-state index contributed by atoms with van der Waals surface area (Å²) >= 11 is 2.21. The van der Waals surface area contributed by atoms with Gasteiger partial charge in [0.2, 0.25) is 0 Å². The minimum Gasteiger partial charge on any atom is -0.335 e. The monoisotopic (exact) mass is 383 g/mol. The Bertz CT molecular complexity index is 450. The Morgan fingerprint density at radius 3 is 2.16 bits per heavy atom. The summed E-state index contributed by atoms with van der Waals surface area (Å²) in [5.41, 5.74) is 1.14. The second kappa shape index (κ2) is 5.68. The zero-order valence-corrected chi connectivity index (χ0v) is 12.2.